The molecule has 2 aromatic rings. The minimum absolute atomic E-state index is 0.174. The summed E-state index contributed by atoms with van der Waals surface area (Å²) in [7, 11) is 0. The van der Waals surface area contributed by atoms with Crippen molar-refractivity contribution in [3.63, 3.8) is 0 Å². The molecule has 0 aliphatic heterocycles. The van der Waals surface area contributed by atoms with Gasteiger partial charge in [0.2, 0.25) is 11.8 Å². The lowest BCUT2D eigenvalue weighted by molar-refractivity contribution is 0.266. The van der Waals surface area contributed by atoms with Gasteiger partial charge in [-0.25, -0.2) is 0 Å². The number of aliphatic hydroxyl groups is 1. The van der Waals surface area contributed by atoms with Crippen molar-refractivity contribution in [1.82, 2.24) is 15.5 Å². The molecule has 2 N–H and O–H groups in total. The Balaban J connectivity index is 1.95. The number of nitrogens with one attached hydrogen (secondary N) is 1. The summed E-state index contributed by atoms with van der Waals surface area (Å²) in [5.74, 6) is 1.08. The minimum atomic E-state index is 0.174. The summed E-state index contributed by atoms with van der Waals surface area (Å²) in [5.41, 5.74) is 0.916. The molecule has 0 aliphatic carbocycles. The molecule has 1 aromatic carbocycles. The fraction of sp³-hybridized carbons (Fsp3) is 0.385. The third-order valence-electron chi connectivity index (χ3n) is 2.65. The van der Waals surface area contributed by atoms with Crippen molar-refractivity contribution < 1.29 is 9.52 Å². The Morgan fingerprint density at radius 3 is 2.78 bits per heavy atom. The van der Waals surface area contributed by atoms with Gasteiger partial charge in [-0.1, -0.05) is 18.2 Å². The van der Waals surface area contributed by atoms with Gasteiger partial charge in [0.25, 0.3) is 0 Å². The highest BCUT2D eigenvalue weighted by Crippen LogP contribution is 2.16. The number of aromatic nitrogens is 2. The van der Waals surface area contributed by atoms with E-state index >= 15 is 0 Å². The number of hydrogen-bond donors (Lipinski definition) is 2. The zero-order chi connectivity index (χ0) is 12.8. The monoisotopic (exact) mass is 247 g/mol. The van der Waals surface area contributed by atoms with Crippen LogP contribution in [0.2, 0.25) is 0 Å². The lowest BCUT2D eigenvalue weighted by atomic mass is 10.2. The molecule has 1 heterocycles. The first-order chi connectivity index (χ1) is 8.79. The van der Waals surface area contributed by atoms with Crippen LogP contribution in [-0.4, -0.2) is 28.0 Å². The number of benzene rings is 1. The maximum absolute atomic E-state index is 8.80. The van der Waals surface area contributed by atoms with E-state index in [9.17, 15) is 0 Å². The minimum Gasteiger partial charge on any atom is -0.419 e. The topological polar surface area (TPSA) is 71.2 Å². The molecule has 0 aliphatic rings. The Bertz CT molecular complexity index is 470. The second kappa shape index (κ2) is 6.28. The van der Waals surface area contributed by atoms with E-state index < -0.39 is 0 Å². The standard InChI is InChI=1S/C13H17N3O2/c1-10(7-8-17)14-9-12-15-16-13(18-12)11-5-3-2-4-6-11/h2-6,10,14,17H,7-9H2,1H3. The van der Waals surface area contributed by atoms with Crippen molar-refractivity contribution in [3.05, 3.63) is 36.2 Å². The van der Waals surface area contributed by atoms with Gasteiger partial charge in [0.1, 0.15) is 0 Å². The third-order valence-corrected chi connectivity index (χ3v) is 2.65. The molecule has 5 nitrogen and oxygen atoms in total. The normalized spacial score (nSPS) is 12.6. The van der Waals surface area contributed by atoms with Crippen molar-refractivity contribution in [2.45, 2.75) is 25.9 Å². The summed E-state index contributed by atoms with van der Waals surface area (Å²) in [6, 6.07) is 9.89. The fourth-order valence-electron chi connectivity index (χ4n) is 1.58. The average molecular weight is 247 g/mol. The van der Waals surface area contributed by atoms with Crippen LogP contribution in [0.15, 0.2) is 34.7 Å². The van der Waals surface area contributed by atoms with Gasteiger partial charge in [-0.3, -0.25) is 0 Å². The van der Waals surface area contributed by atoms with Gasteiger partial charge in [-0.2, -0.15) is 0 Å². The maximum Gasteiger partial charge on any atom is 0.247 e. The Morgan fingerprint density at radius 1 is 1.28 bits per heavy atom. The van der Waals surface area contributed by atoms with Crippen molar-refractivity contribution >= 4 is 0 Å². The molecular formula is C13H17N3O2. The molecule has 0 spiro atoms. The number of nitrogens with zero attached hydrogens (tertiary/aromatic N) is 2. The van der Waals surface area contributed by atoms with Gasteiger partial charge in [0, 0.05) is 18.2 Å². The quantitative estimate of drug-likeness (QED) is 0.811. The van der Waals surface area contributed by atoms with E-state index in [0.717, 1.165) is 5.56 Å². The number of aliphatic hydroxyl groups excluding tert-OH is 1. The van der Waals surface area contributed by atoms with Gasteiger partial charge < -0.3 is 14.8 Å². The predicted octanol–water partition coefficient (Wildman–Crippen LogP) is 1.60. The van der Waals surface area contributed by atoms with E-state index in [1.165, 1.54) is 0 Å². The van der Waals surface area contributed by atoms with Crippen LogP contribution in [0.25, 0.3) is 11.5 Å². The Morgan fingerprint density at radius 2 is 2.06 bits per heavy atom. The third kappa shape index (κ3) is 3.38. The molecule has 96 valence electrons. The van der Waals surface area contributed by atoms with Crippen molar-refractivity contribution in [2.24, 2.45) is 0 Å². The summed E-state index contributed by atoms with van der Waals surface area (Å²) < 4.78 is 5.55. The zero-order valence-electron chi connectivity index (χ0n) is 10.3. The second-order valence-corrected chi connectivity index (χ2v) is 4.16. The van der Waals surface area contributed by atoms with Crippen LogP contribution in [0, 0.1) is 0 Å². The number of hydrogen-bond acceptors (Lipinski definition) is 5. The van der Waals surface area contributed by atoms with Gasteiger partial charge >= 0.3 is 0 Å². The SMILES string of the molecule is CC(CCO)NCc1nnc(-c2ccccc2)o1. The Kier molecular flexibility index (Phi) is 4.44. The van der Waals surface area contributed by atoms with Crippen LogP contribution >= 0.6 is 0 Å². The van der Waals surface area contributed by atoms with Crippen molar-refractivity contribution in [1.29, 1.82) is 0 Å². The number of rotatable bonds is 6. The predicted molar refractivity (Wildman–Crippen MR) is 67.7 cm³/mol. The molecule has 0 amide bonds. The van der Waals surface area contributed by atoms with Crippen LogP contribution < -0.4 is 5.32 Å². The Hall–Kier alpha value is -1.72. The summed E-state index contributed by atoms with van der Waals surface area (Å²) >= 11 is 0. The molecule has 18 heavy (non-hydrogen) atoms. The van der Waals surface area contributed by atoms with Crippen LogP contribution in [0.1, 0.15) is 19.2 Å². The maximum atomic E-state index is 8.80. The van der Waals surface area contributed by atoms with Crippen LogP contribution in [-0.2, 0) is 6.54 Å². The van der Waals surface area contributed by atoms with E-state index in [0.29, 0.717) is 24.7 Å². The lowest BCUT2D eigenvalue weighted by Crippen LogP contribution is -2.26. The lowest BCUT2D eigenvalue weighted by Gasteiger charge is -2.09. The van der Waals surface area contributed by atoms with E-state index in [-0.39, 0.29) is 12.6 Å². The van der Waals surface area contributed by atoms with Crippen LogP contribution in [0.3, 0.4) is 0 Å². The summed E-state index contributed by atoms with van der Waals surface area (Å²) in [5, 5.41) is 20.0. The van der Waals surface area contributed by atoms with E-state index in [4.69, 9.17) is 9.52 Å². The van der Waals surface area contributed by atoms with Crippen LogP contribution in [0.5, 0.6) is 0 Å². The smallest absolute Gasteiger partial charge is 0.247 e. The highest BCUT2D eigenvalue weighted by Gasteiger charge is 2.08. The molecule has 2 rings (SSSR count). The first kappa shape index (κ1) is 12.7. The molecule has 1 unspecified atom stereocenters. The molecule has 1 aromatic heterocycles. The van der Waals surface area contributed by atoms with Crippen LogP contribution in [0.4, 0.5) is 0 Å². The molecule has 1 atom stereocenters. The summed E-state index contributed by atoms with van der Waals surface area (Å²) in [4.78, 5) is 0. The first-order valence-electron chi connectivity index (χ1n) is 6.01. The highest BCUT2D eigenvalue weighted by atomic mass is 16.4. The van der Waals surface area contributed by atoms with E-state index in [2.05, 4.69) is 15.5 Å². The fourth-order valence-corrected chi connectivity index (χ4v) is 1.58. The molecule has 0 fully saturated rings. The molecular weight excluding hydrogens is 230 g/mol. The average Bonchev–Trinajstić information content (AvgIpc) is 2.87. The molecule has 0 bridgehead atoms. The molecule has 0 saturated carbocycles. The van der Waals surface area contributed by atoms with Gasteiger partial charge in [0.15, 0.2) is 0 Å². The van der Waals surface area contributed by atoms with Crippen molar-refractivity contribution in [3.8, 4) is 11.5 Å². The summed E-state index contributed by atoms with van der Waals surface area (Å²) in [6.07, 6.45) is 0.708. The molecule has 0 saturated heterocycles. The van der Waals surface area contributed by atoms with E-state index in [1.807, 2.05) is 37.3 Å². The highest BCUT2D eigenvalue weighted by molar-refractivity contribution is 5.51. The first-order valence-corrected chi connectivity index (χ1v) is 6.01. The summed E-state index contributed by atoms with van der Waals surface area (Å²) in [6.45, 7) is 2.69. The Labute approximate surface area is 106 Å². The molecule has 0 radical (unpaired) electrons. The zero-order valence-corrected chi connectivity index (χ0v) is 10.3. The van der Waals surface area contributed by atoms with E-state index in [1.54, 1.807) is 0 Å². The molecule has 5 heteroatoms. The van der Waals surface area contributed by atoms with Gasteiger partial charge in [-0.05, 0) is 25.5 Å². The van der Waals surface area contributed by atoms with Gasteiger partial charge in [0.05, 0.1) is 6.54 Å². The largest absolute Gasteiger partial charge is 0.419 e. The second-order valence-electron chi connectivity index (χ2n) is 4.16. The van der Waals surface area contributed by atoms with Crippen molar-refractivity contribution in [2.75, 3.05) is 6.61 Å². The van der Waals surface area contributed by atoms with Gasteiger partial charge in [-0.15, -0.1) is 10.2 Å².